The Labute approximate surface area is 67.0 Å². The molecule has 11 heavy (non-hydrogen) atoms. The number of hydrogen-bond acceptors (Lipinski definition) is 3. The molecule has 1 fully saturated rings. The molecule has 0 spiro atoms. The van der Waals surface area contributed by atoms with Crippen molar-refractivity contribution in [2.45, 2.75) is 31.8 Å². The van der Waals surface area contributed by atoms with Crippen molar-refractivity contribution in [3.63, 3.8) is 0 Å². The van der Waals surface area contributed by atoms with Gasteiger partial charge in [0.2, 0.25) is 0 Å². The van der Waals surface area contributed by atoms with E-state index in [9.17, 15) is 0 Å². The van der Waals surface area contributed by atoms with Crippen LogP contribution in [0.4, 0.5) is 0 Å². The molecular weight excluding hydrogens is 140 g/mol. The standard InChI is InChI=1S/C8H14N2O/c9-6-10-5-7-1-3-8(11)4-2-7/h7-8,10-11H,1-5H2. The van der Waals surface area contributed by atoms with Gasteiger partial charge in [-0.3, -0.25) is 0 Å². The molecule has 0 bridgehead atoms. The smallest absolute Gasteiger partial charge is 0.176 e. The van der Waals surface area contributed by atoms with Crippen LogP contribution in [0.1, 0.15) is 25.7 Å². The minimum Gasteiger partial charge on any atom is -0.393 e. The molecule has 0 aromatic heterocycles. The van der Waals surface area contributed by atoms with Crippen LogP contribution in [-0.2, 0) is 0 Å². The summed E-state index contributed by atoms with van der Waals surface area (Å²) in [6.07, 6.45) is 5.73. The van der Waals surface area contributed by atoms with Gasteiger partial charge in [-0.25, -0.2) is 0 Å². The molecule has 1 aliphatic carbocycles. The van der Waals surface area contributed by atoms with Crippen molar-refractivity contribution in [1.29, 1.82) is 5.26 Å². The predicted molar refractivity (Wildman–Crippen MR) is 41.6 cm³/mol. The Bertz CT molecular complexity index is 145. The molecule has 0 amide bonds. The largest absolute Gasteiger partial charge is 0.393 e. The van der Waals surface area contributed by atoms with Gasteiger partial charge in [0, 0.05) is 6.54 Å². The summed E-state index contributed by atoms with van der Waals surface area (Å²) in [5.41, 5.74) is 0. The number of rotatable bonds is 2. The van der Waals surface area contributed by atoms with E-state index in [1.807, 2.05) is 6.19 Å². The lowest BCUT2D eigenvalue weighted by atomic mass is 9.87. The number of nitrogens with one attached hydrogen (secondary N) is 1. The Morgan fingerprint density at radius 3 is 2.55 bits per heavy atom. The normalized spacial score (nSPS) is 30.9. The molecule has 2 N–H and O–H groups in total. The van der Waals surface area contributed by atoms with Gasteiger partial charge in [0.05, 0.1) is 6.10 Å². The Kier molecular flexibility index (Phi) is 3.18. The molecule has 0 saturated heterocycles. The first kappa shape index (κ1) is 8.35. The number of hydrogen-bond donors (Lipinski definition) is 2. The molecule has 0 atom stereocenters. The molecule has 1 rings (SSSR count). The number of aliphatic hydroxyl groups is 1. The molecule has 0 aliphatic heterocycles. The van der Waals surface area contributed by atoms with Crippen molar-refractivity contribution in [2.75, 3.05) is 6.54 Å². The van der Waals surface area contributed by atoms with Gasteiger partial charge in [-0.05, 0) is 31.6 Å². The van der Waals surface area contributed by atoms with Gasteiger partial charge in [-0.2, -0.15) is 5.26 Å². The highest BCUT2D eigenvalue weighted by Gasteiger charge is 2.18. The second-order valence-corrected chi connectivity index (χ2v) is 3.17. The van der Waals surface area contributed by atoms with Crippen molar-refractivity contribution in [2.24, 2.45) is 5.92 Å². The Hall–Kier alpha value is -0.750. The first-order valence-corrected chi connectivity index (χ1v) is 4.13. The molecule has 1 saturated carbocycles. The van der Waals surface area contributed by atoms with Crippen molar-refractivity contribution < 1.29 is 5.11 Å². The van der Waals surface area contributed by atoms with Crippen molar-refractivity contribution in [3.8, 4) is 6.19 Å². The van der Waals surface area contributed by atoms with Crippen molar-refractivity contribution >= 4 is 0 Å². The van der Waals surface area contributed by atoms with Gasteiger partial charge in [0.1, 0.15) is 0 Å². The van der Waals surface area contributed by atoms with E-state index in [2.05, 4.69) is 5.32 Å². The lowest BCUT2D eigenvalue weighted by Gasteiger charge is -2.24. The first-order chi connectivity index (χ1) is 5.33. The number of aliphatic hydroxyl groups excluding tert-OH is 1. The Morgan fingerprint density at radius 2 is 2.00 bits per heavy atom. The molecular formula is C8H14N2O. The third-order valence-electron chi connectivity index (χ3n) is 2.29. The maximum absolute atomic E-state index is 9.17. The van der Waals surface area contributed by atoms with E-state index >= 15 is 0 Å². The highest BCUT2D eigenvalue weighted by atomic mass is 16.3. The van der Waals surface area contributed by atoms with Crippen LogP contribution >= 0.6 is 0 Å². The number of nitrogens with zero attached hydrogens (tertiary/aromatic N) is 1. The lowest BCUT2D eigenvalue weighted by molar-refractivity contribution is 0.109. The van der Waals surface area contributed by atoms with Crippen LogP contribution in [0, 0.1) is 17.4 Å². The molecule has 0 radical (unpaired) electrons. The maximum Gasteiger partial charge on any atom is 0.176 e. The molecule has 3 heteroatoms. The van der Waals surface area contributed by atoms with E-state index in [-0.39, 0.29) is 6.10 Å². The van der Waals surface area contributed by atoms with Gasteiger partial charge in [0.25, 0.3) is 0 Å². The van der Waals surface area contributed by atoms with Crippen LogP contribution in [0.5, 0.6) is 0 Å². The second-order valence-electron chi connectivity index (χ2n) is 3.17. The fraction of sp³-hybridized carbons (Fsp3) is 0.875. The van der Waals surface area contributed by atoms with Crippen LogP contribution in [-0.4, -0.2) is 17.8 Å². The van der Waals surface area contributed by atoms with E-state index in [1.54, 1.807) is 0 Å². The van der Waals surface area contributed by atoms with Gasteiger partial charge in [0.15, 0.2) is 6.19 Å². The van der Waals surface area contributed by atoms with Gasteiger partial charge >= 0.3 is 0 Å². The molecule has 1 aliphatic rings. The zero-order valence-electron chi connectivity index (χ0n) is 6.58. The van der Waals surface area contributed by atoms with E-state index in [1.165, 1.54) is 0 Å². The van der Waals surface area contributed by atoms with E-state index in [0.717, 1.165) is 32.2 Å². The van der Waals surface area contributed by atoms with Crippen LogP contribution < -0.4 is 5.32 Å². The summed E-state index contributed by atoms with van der Waals surface area (Å²) >= 11 is 0. The van der Waals surface area contributed by atoms with Crippen molar-refractivity contribution in [3.05, 3.63) is 0 Å². The minimum absolute atomic E-state index is 0.0895. The average Bonchev–Trinajstić information content (AvgIpc) is 2.04. The van der Waals surface area contributed by atoms with Gasteiger partial charge < -0.3 is 10.4 Å². The Morgan fingerprint density at radius 1 is 1.36 bits per heavy atom. The highest BCUT2D eigenvalue weighted by Crippen LogP contribution is 2.23. The van der Waals surface area contributed by atoms with Crippen LogP contribution in [0.2, 0.25) is 0 Å². The van der Waals surface area contributed by atoms with Gasteiger partial charge in [-0.1, -0.05) is 0 Å². The molecule has 3 nitrogen and oxygen atoms in total. The predicted octanol–water partition coefficient (Wildman–Crippen LogP) is 0.608. The topological polar surface area (TPSA) is 56.0 Å². The minimum atomic E-state index is -0.0895. The van der Waals surface area contributed by atoms with Crippen LogP contribution in [0.3, 0.4) is 0 Å². The van der Waals surface area contributed by atoms with E-state index < -0.39 is 0 Å². The van der Waals surface area contributed by atoms with Crippen LogP contribution in [0.15, 0.2) is 0 Å². The summed E-state index contributed by atoms with van der Waals surface area (Å²) in [4.78, 5) is 0. The zero-order valence-corrected chi connectivity index (χ0v) is 6.58. The highest BCUT2D eigenvalue weighted by molar-refractivity contribution is 4.76. The van der Waals surface area contributed by atoms with Crippen molar-refractivity contribution in [1.82, 2.24) is 5.32 Å². The third kappa shape index (κ3) is 2.77. The summed E-state index contributed by atoms with van der Waals surface area (Å²) in [5, 5.41) is 20.1. The maximum atomic E-state index is 9.17. The Balaban J connectivity index is 2.13. The lowest BCUT2D eigenvalue weighted by Crippen LogP contribution is -2.25. The summed E-state index contributed by atoms with van der Waals surface area (Å²) in [6, 6.07) is 0. The first-order valence-electron chi connectivity index (χ1n) is 4.13. The summed E-state index contributed by atoms with van der Waals surface area (Å²) in [6.45, 7) is 0.781. The molecule has 0 aromatic rings. The quantitative estimate of drug-likeness (QED) is 0.452. The number of nitriles is 1. The average molecular weight is 154 g/mol. The SMILES string of the molecule is N#CNCC1CCC(O)CC1. The zero-order chi connectivity index (χ0) is 8.10. The second kappa shape index (κ2) is 4.20. The fourth-order valence-electron chi connectivity index (χ4n) is 1.54. The molecule has 62 valence electrons. The van der Waals surface area contributed by atoms with E-state index in [0.29, 0.717) is 5.92 Å². The fourth-order valence-corrected chi connectivity index (χ4v) is 1.54. The summed E-state index contributed by atoms with van der Waals surface area (Å²) in [5.74, 6) is 0.595. The summed E-state index contributed by atoms with van der Waals surface area (Å²) < 4.78 is 0. The van der Waals surface area contributed by atoms with Crippen LogP contribution in [0.25, 0.3) is 0 Å². The molecule has 0 unspecified atom stereocenters. The monoisotopic (exact) mass is 154 g/mol. The van der Waals surface area contributed by atoms with Gasteiger partial charge in [-0.15, -0.1) is 0 Å². The van der Waals surface area contributed by atoms with E-state index in [4.69, 9.17) is 10.4 Å². The third-order valence-corrected chi connectivity index (χ3v) is 2.29. The summed E-state index contributed by atoms with van der Waals surface area (Å²) in [7, 11) is 0. The molecule has 0 heterocycles. The molecule has 0 aromatic carbocycles.